The lowest BCUT2D eigenvalue weighted by atomic mass is 9.76. The Labute approximate surface area is 250 Å². The number of anilines is 1. The van der Waals surface area contributed by atoms with Crippen molar-refractivity contribution in [1.29, 1.82) is 0 Å². The molecule has 1 saturated heterocycles. The molecule has 0 radical (unpaired) electrons. The first kappa shape index (κ1) is 32.9. The molecule has 0 aliphatic carbocycles. The molecule has 1 aliphatic heterocycles. The highest BCUT2D eigenvalue weighted by Crippen LogP contribution is 2.43. The fraction of sp³-hybridized carbons (Fsp3) is 0.471. The van der Waals surface area contributed by atoms with Crippen molar-refractivity contribution >= 4 is 17.5 Å². The Morgan fingerprint density at radius 2 is 1.79 bits per heavy atom. The summed E-state index contributed by atoms with van der Waals surface area (Å²) in [6.07, 6.45) is 2.61. The van der Waals surface area contributed by atoms with Crippen LogP contribution in [0.3, 0.4) is 0 Å². The summed E-state index contributed by atoms with van der Waals surface area (Å²) in [5.74, 6) is -0.562. The van der Waals surface area contributed by atoms with Crippen molar-refractivity contribution in [2.75, 3.05) is 5.32 Å². The Morgan fingerprint density at radius 1 is 1.07 bits per heavy atom. The molecule has 4 rings (SSSR count). The van der Waals surface area contributed by atoms with E-state index in [2.05, 4.69) is 41.4 Å². The Kier molecular flexibility index (Phi) is 11.0. The average Bonchev–Trinajstić information content (AvgIpc) is 2.95. The van der Waals surface area contributed by atoms with Crippen molar-refractivity contribution in [3.63, 3.8) is 0 Å². The first-order valence-corrected chi connectivity index (χ1v) is 14.8. The van der Waals surface area contributed by atoms with Gasteiger partial charge < -0.3 is 20.5 Å². The number of aliphatic hydroxyl groups is 1. The molecule has 0 spiro atoms. The summed E-state index contributed by atoms with van der Waals surface area (Å²) in [6.45, 7) is 18.1. The van der Waals surface area contributed by atoms with Crippen LogP contribution < -0.4 is 10.6 Å². The number of aryl methyl sites for hydroxylation is 1. The van der Waals surface area contributed by atoms with Crippen LogP contribution in [0.2, 0.25) is 0 Å². The van der Waals surface area contributed by atoms with Crippen molar-refractivity contribution in [3.05, 3.63) is 77.2 Å². The summed E-state index contributed by atoms with van der Waals surface area (Å²) in [5, 5.41) is 16.7. The lowest BCUT2D eigenvalue weighted by Crippen LogP contribution is -2.46. The number of amides is 2. The number of rotatable bonds is 6. The van der Waals surface area contributed by atoms with E-state index in [9.17, 15) is 14.7 Å². The van der Waals surface area contributed by atoms with Crippen LogP contribution in [-0.4, -0.2) is 45.1 Å². The highest BCUT2D eigenvalue weighted by atomic mass is 16.5. The summed E-state index contributed by atoms with van der Waals surface area (Å²) in [4.78, 5) is 34.8. The number of carbonyl (C=O) groups is 2. The standard InChI is InChI=1S/C32H40N4O4.C2H6/c1-18(2)34-30(38)21-12-11-19(3)23(15-21)24-9-8-10-25(35-24)31(39)36-26-17-33-14-13-22(26)28-16-27(37)20(4)29(40-28)32(5,6)7;1-2/h8-15,17-18,20,27-29,37H,16H2,1-7H3,(H,34,38)(H,36,39);1-2H3. The zero-order valence-electron chi connectivity index (χ0n) is 26.4. The van der Waals surface area contributed by atoms with Gasteiger partial charge in [-0.3, -0.25) is 14.6 Å². The van der Waals surface area contributed by atoms with E-state index in [1.54, 1.807) is 36.7 Å². The van der Waals surface area contributed by atoms with Gasteiger partial charge in [-0.05, 0) is 62.1 Å². The highest BCUT2D eigenvalue weighted by molar-refractivity contribution is 6.03. The zero-order chi connectivity index (χ0) is 31.2. The molecule has 42 heavy (non-hydrogen) atoms. The molecule has 3 heterocycles. The summed E-state index contributed by atoms with van der Waals surface area (Å²) in [5.41, 5.74) is 4.19. The monoisotopic (exact) mass is 574 g/mol. The number of aliphatic hydroxyl groups excluding tert-OH is 1. The summed E-state index contributed by atoms with van der Waals surface area (Å²) in [7, 11) is 0. The number of hydrogen-bond donors (Lipinski definition) is 3. The minimum atomic E-state index is -0.528. The van der Waals surface area contributed by atoms with Crippen LogP contribution >= 0.6 is 0 Å². The molecule has 2 amide bonds. The fourth-order valence-corrected chi connectivity index (χ4v) is 5.26. The summed E-state index contributed by atoms with van der Waals surface area (Å²) >= 11 is 0. The number of carbonyl (C=O) groups excluding carboxylic acids is 2. The second kappa shape index (κ2) is 14.0. The molecule has 1 fully saturated rings. The molecule has 3 N–H and O–H groups in total. The van der Waals surface area contributed by atoms with Crippen molar-refractivity contribution < 1.29 is 19.4 Å². The number of ether oxygens (including phenoxy) is 1. The first-order chi connectivity index (χ1) is 19.8. The van der Waals surface area contributed by atoms with E-state index in [0.717, 1.165) is 16.7 Å². The van der Waals surface area contributed by atoms with E-state index in [1.165, 1.54) is 0 Å². The lowest BCUT2D eigenvalue weighted by molar-refractivity contribution is -0.169. The Bertz CT molecular complexity index is 1380. The SMILES string of the molecule is CC.Cc1ccc(C(=O)NC(C)C)cc1-c1cccc(C(=O)Nc2cnccc2C2CC(O)C(C)C(C(C)(C)C)O2)n1. The van der Waals surface area contributed by atoms with Crippen molar-refractivity contribution in [3.8, 4) is 11.3 Å². The van der Waals surface area contributed by atoms with Crippen molar-refractivity contribution in [2.24, 2.45) is 11.3 Å². The lowest BCUT2D eigenvalue weighted by Gasteiger charge is -2.45. The molecular weight excluding hydrogens is 528 g/mol. The number of nitrogens with zero attached hydrogens (tertiary/aromatic N) is 2. The van der Waals surface area contributed by atoms with Gasteiger partial charge in [0.05, 0.1) is 35.9 Å². The number of benzene rings is 1. The van der Waals surface area contributed by atoms with E-state index in [1.807, 2.05) is 59.7 Å². The highest BCUT2D eigenvalue weighted by Gasteiger charge is 2.42. The minimum absolute atomic E-state index is 0.0125. The number of hydrogen-bond acceptors (Lipinski definition) is 6. The average molecular weight is 575 g/mol. The van der Waals surface area contributed by atoms with Gasteiger partial charge in [-0.25, -0.2) is 4.98 Å². The maximum atomic E-state index is 13.4. The molecular formula is C34H46N4O4. The Balaban J connectivity index is 0.00000237. The molecule has 8 nitrogen and oxygen atoms in total. The number of nitrogens with one attached hydrogen (secondary N) is 2. The molecule has 3 aromatic rings. The van der Waals surface area contributed by atoms with Gasteiger partial charge in [0, 0.05) is 41.3 Å². The second-order valence-electron chi connectivity index (χ2n) is 12.1. The van der Waals surface area contributed by atoms with E-state index >= 15 is 0 Å². The molecule has 8 heteroatoms. The predicted molar refractivity (Wildman–Crippen MR) is 167 cm³/mol. The molecule has 1 aliphatic rings. The summed E-state index contributed by atoms with van der Waals surface area (Å²) in [6, 6.07) is 12.6. The maximum Gasteiger partial charge on any atom is 0.274 e. The molecule has 0 saturated carbocycles. The Hall–Kier alpha value is -3.62. The van der Waals surface area contributed by atoms with Crippen LogP contribution in [0.4, 0.5) is 5.69 Å². The quantitative estimate of drug-likeness (QED) is 0.300. The van der Waals surface area contributed by atoms with E-state index in [0.29, 0.717) is 23.4 Å². The van der Waals surface area contributed by atoms with E-state index < -0.39 is 12.2 Å². The fourth-order valence-electron chi connectivity index (χ4n) is 5.26. The van der Waals surface area contributed by atoms with Crippen LogP contribution in [0.1, 0.15) is 99.9 Å². The van der Waals surface area contributed by atoms with Gasteiger partial charge in [0.15, 0.2) is 0 Å². The van der Waals surface area contributed by atoms with Crippen LogP contribution in [0.5, 0.6) is 0 Å². The second-order valence-corrected chi connectivity index (χ2v) is 12.1. The van der Waals surface area contributed by atoms with Gasteiger partial charge >= 0.3 is 0 Å². The molecule has 4 unspecified atom stereocenters. The van der Waals surface area contributed by atoms with Gasteiger partial charge in [0.1, 0.15) is 5.69 Å². The van der Waals surface area contributed by atoms with Crippen LogP contribution in [0, 0.1) is 18.3 Å². The Morgan fingerprint density at radius 3 is 2.45 bits per heavy atom. The van der Waals surface area contributed by atoms with Crippen LogP contribution in [0.25, 0.3) is 11.3 Å². The predicted octanol–water partition coefficient (Wildman–Crippen LogP) is 6.74. The first-order valence-electron chi connectivity index (χ1n) is 14.8. The molecule has 2 aromatic heterocycles. The van der Waals surface area contributed by atoms with Crippen LogP contribution in [-0.2, 0) is 4.74 Å². The third kappa shape index (κ3) is 7.81. The third-order valence-electron chi connectivity index (χ3n) is 7.33. The van der Waals surface area contributed by atoms with Gasteiger partial charge in [0.2, 0.25) is 0 Å². The zero-order valence-corrected chi connectivity index (χ0v) is 26.4. The van der Waals surface area contributed by atoms with Gasteiger partial charge in [-0.1, -0.05) is 53.7 Å². The normalized spacial score (nSPS) is 20.4. The van der Waals surface area contributed by atoms with E-state index in [-0.39, 0.29) is 41.0 Å². The molecule has 0 bridgehead atoms. The topological polar surface area (TPSA) is 113 Å². The number of pyridine rings is 2. The molecule has 1 aromatic carbocycles. The number of aromatic nitrogens is 2. The smallest absolute Gasteiger partial charge is 0.274 e. The van der Waals surface area contributed by atoms with Gasteiger partial charge in [0.25, 0.3) is 11.8 Å². The van der Waals surface area contributed by atoms with Gasteiger partial charge in [-0.2, -0.15) is 0 Å². The van der Waals surface area contributed by atoms with E-state index in [4.69, 9.17) is 4.74 Å². The largest absolute Gasteiger partial charge is 0.393 e. The third-order valence-corrected chi connectivity index (χ3v) is 7.33. The van der Waals surface area contributed by atoms with Crippen molar-refractivity contribution in [1.82, 2.24) is 15.3 Å². The molecule has 4 atom stereocenters. The minimum Gasteiger partial charge on any atom is -0.393 e. The maximum absolute atomic E-state index is 13.4. The summed E-state index contributed by atoms with van der Waals surface area (Å²) < 4.78 is 6.50. The van der Waals surface area contributed by atoms with Gasteiger partial charge in [-0.15, -0.1) is 0 Å². The molecule has 226 valence electrons. The van der Waals surface area contributed by atoms with Crippen LogP contribution in [0.15, 0.2) is 54.9 Å². The van der Waals surface area contributed by atoms with Crippen molar-refractivity contribution in [2.45, 2.75) is 93.1 Å².